The quantitative estimate of drug-likeness (QED) is 0.774. The zero-order valence-electron chi connectivity index (χ0n) is 10.6. The molecule has 1 aromatic carbocycles. The standard InChI is InChI=1S/C14H17N3O2/c18-14(19)13(17-7-5-15-6-8-17)11-9-16-12-4-2-1-3-10(11)12/h1-4,9,13,15-16H,5-8H2,(H,18,19). The molecule has 5 heteroatoms. The van der Waals surface area contributed by atoms with Crippen LogP contribution in [-0.4, -0.2) is 47.1 Å². The lowest BCUT2D eigenvalue weighted by atomic mass is 10.0. The van der Waals surface area contributed by atoms with Crippen molar-refractivity contribution in [3.8, 4) is 0 Å². The molecule has 0 aliphatic carbocycles. The molecule has 1 aliphatic rings. The second-order valence-electron chi connectivity index (χ2n) is 4.82. The number of aliphatic carboxylic acids is 1. The number of aromatic nitrogens is 1. The summed E-state index contributed by atoms with van der Waals surface area (Å²) >= 11 is 0. The second kappa shape index (κ2) is 5.03. The minimum Gasteiger partial charge on any atom is -0.480 e. The van der Waals surface area contributed by atoms with E-state index in [2.05, 4.69) is 10.3 Å². The zero-order valence-corrected chi connectivity index (χ0v) is 10.6. The summed E-state index contributed by atoms with van der Waals surface area (Å²) in [5.74, 6) is -0.786. The summed E-state index contributed by atoms with van der Waals surface area (Å²) in [4.78, 5) is 16.8. The minimum absolute atomic E-state index is 0.571. The van der Waals surface area contributed by atoms with Crippen LogP contribution in [0, 0.1) is 0 Å². The van der Waals surface area contributed by atoms with E-state index in [4.69, 9.17) is 0 Å². The fourth-order valence-electron chi connectivity index (χ4n) is 2.75. The van der Waals surface area contributed by atoms with Crippen LogP contribution in [0.2, 0.25) is 0 Å². The van der Waals surface area contributed by atoms with Gasteiger partial charge in [-0.25, -0.2) is 0 Å². The molecule has 1 atom stereocenters. The van der Waals surface area contributed by atoms with Crippen molar-refractivity contribution in [3.63, 3.8) is 0 Å². The van der Waals surface area contributed by atoms with Gasteiger partial charge in [-0.2, -0.15) is 0 Å². The first-order valence-electron chi connectivity index (χ1n) is 6.51. The van der Waals surface area contributed by atoms with Crippen molar-refractivity contribution in [2.24, 2.45) is 0 Å². The molecule has 1 aromatic heterocycles. The molecule has 0 amide bonds. The third-order valence-electron chi connectivity index (χ3n) is 3.67. The number of para-hydroxylation sites is 1. The van der Waals surface area contributed by atoms with Gasteiger partial charge in [-0.15, -0.1) is 0 Å². The monoisotopic (exact) mass is 259 g/mol. The Morgan fingerprint density at radius 3 is 2.74 bits per heavy atom. The number of carbonyl (C=O) groups is 1. The molecule has 0 saturated carbocycles. The van der Waals surface area contributed by atoms with Gasteiger partial charge < -0.3 is 15.4 Å². The highest BCUT2D eigenvalue weighted by Gasteiger charge is 2.30. The van der Waals surface area contributed by atoms with Gasteiger partial charge >= 0.3 is 5.97 Å². The molecule has 1 fully saturated rings. The van der Waals surface area contributed by atoms with Gasteiger partial charge in [0.05, 0.1) is 0 Å². The van der Waals surface area contributed by atoms with E-state index < -0.39 is 12.0 Å². The van der Waals surface area contributed by atoms with Crippen molar-refractivity contribution >= 4 is 16.9 Å². The van der Waals surface area contributed by atoms with E-state index in [9.17, 15) is 9.90 Å². The van der Waals surface area contributed by atoms with Crippen molar-refractivity contribution < 1.29 is 9.90 Å². The summed E-state index contributed by atoms with van der Waals surface area (Å²) in [5, 5.41) is 13.8. The maximum atomic E-state index is 11.7. The molecule has 0 spiro atoms. The Morgan fingerprint density at radius 2 is 2.00 bits per heavy atom. The SMILES string of the molecule is O=C(O)C(c1c[nH]c2ccccc12)N1CCNCC1. The summed E-state index contributed by atoms with van der Waals surface area (Å²) < 4.78 is 0. The molecule has 0 radical (unpaired) electrons. The lowest BCUT2D eigenvalue weighted by Gasteiger charge is -2.32. The van der Waals surface area contributed by atoms with Crippen molar-refractivity contribution in [3.05, 3.63) is 36.0 Å². The Kier molecular flexibility index (Phi) is 3.23. The number of nitrogens with one attached hydrogen (secondary N) is 2. The fraction of sp³-hybridized carbons (Fsp3) is 0.357. The summed E-state index contributed by atoms with van der Waals surface area (Å²) in [6.07, 6.45) is 1.82. The van der Waals surface area contributed by atoms with E-state index in [1.165, 1.54) is 0 Å². The van der Waals surface area contributed by atoms with E-state index >= 15 is 0 Å². The number of benzene rings is 1. The third-order valence-corrected chi connectivity index (χ3v) is 3.67. The molecule has 0 bridgehead atoms. The number of rotatable bonds is 3. The van der Waals surface area contributed by atoms with Gasteiger partial charge in [0.25, 0.3) is 0 Å². The number of nitrogens with zero attached hydrogens (tertiary/aromatic N) is 1. The summed E-state index contributed by atoms with van der Waals surface area (Å²) in [6.45, 7) is 3.20. The first-order valence-corrected chi connectivity index (χ1v) is 6.51. The molecule has 3 N–H and O–H groups in total. The van der Waals surface area contributed by atoms with Crippen LogP contribution in [0.3, 0.4) is 0 Å². The Hall–Kier alpha value is -1.85. The number of aromatic amines is 1. The maximum absolute atomic E-state index is 11.7. The molecule has 1 aliphatic heterocycles. The molecule has 1 unspecified atom stereocenters. The normalized spacial score (nSPS) is 18.5. The number of hydrogen-bond donors (Lipinski definition) is 3. The average Bonchev–Trinajstić information content (AvgIpc) is 2.84. The Bertz CT molecular complexity index is 587. The predicted molar refractivity (Wildman–Crippen MR) is 73.1 cm³/mol. The van der Waals surface area contributed by atoms with Gasteiger partial charge in [-0.3, -0.25) is 9.69 Å². The largest absolute Gasteiger partial charge is 0.480 e. The number of carboxylic acids is 1. The second-order valence-corrected chi connectivity index (χ2v) is 4.82. The highest BCUT2D eigenvalue weighted by atomic mass is 16.4. The van der Waals surface area contributed by atoms with E-state index in [-0.39, 0.29) is 0 Å². The zero-order chi connectivity index (χ0) is 13.2. The van der Waals surface area contributed by atoms with Crippen LogP contribution in [0.1, 0.15) is 11.6 Å². The van der Waals surface area contributed by atoms with Crippen LogP contribution < -0.4 is 5.32 Å². The molecule has 1 saturated heterocycles. The van der Waals surface area contributed by atoms with Crippen LogP contribution in [0.5, 0.6) is 0 Å². The van der Waals surface area contributed by atoms with Crippen LogP contribution in [0.25, 0.3) is 10.9 Å². The summed E-state index contributed by atoms with van der Waals surface area (Å²) in [6, 6.07) is 7.26. The molecule has 2 heterocycles. The topological polar surface area (TPSA) is 68.4 Å². The smallest absolute Gasteiger partial charge is 0.325 e. The van der Waals surface area contributed by atoms with Gasteiger partial charge in [0, 0.05) is 48.8 Å². The number of H-pyrrole nitrogens is 1. The predicted octanol–water partition coefficient (Wildman–Crippen LogP) is 1.20. The van der Waals surface area contributed by atoms with Crippen LogP contribution in [0.15, 0.2) is 30.5 Å². The number of piperazine rings is 1. The molecule has 3 rings (SSSR count). The van der Waals surface area contributed by atoms with Crippen LogP contribution in [0.4, 0.5) is 0 Å². The number of fused-ring (bicyclic) bond motifs is 1. The maximum Gasteiger partial charge on any atom is 0.325 e. The molecule has 100 valence electrons. The average molecular weight is 259 g/mol. The van der Waals surface area contributed by atoms with Crippen molar-refractivity contribution in [2.45, 2.75) is 6.04 Å². The van der Waals surface area contributed by atoms with Crippen molar-refractivity contribution in [1.29, 1.82) is 0 Å². The van der Waals surface area contributed by atoms with Crippen molar-refractivity contribution in [1.82, 2.24) is 15.2 Å². The van der Waals surface area contributed by atoms with E-state index in [0.717, 1.165) is 42.6 Å². The van der Waals surface area contributed by atoms with Gasteiger partial charge in [0.2, 0.25) is 0 Å². The third kappa shape index (κ3) is 2.22. The van der Waals surface area contributed by atoms with Gasteiger partial charge in [-0.05, 0) is 6.07 Å². The molecule has 19 heavy (non-hydrogen) atoms. The highest BCUT2D eigenvalue weighted by Crippen LogP contribution is 2.28. The summed E-state index contributed by atoms with van der Waals surface area (Å²) in [5.41, 5.74) is 1.84. The molecular formula is C14H17N3O2. The Labute approximate surface area is 111 Å². The fourth-order valence-corrected chi connectivity index (χ4v) is 2.75. The van der Waals surface area contributed by atoms with Crippen molar-refractivity contribution in [2.75, 3.05) is 26.2 Å². The molecule has 2 aromatic rings. The van der Waals surface area contributed by atoms with Gasteiger partial charge in [0.15, 0.2) is 0 Å². The lowest BCUT2D eigenvalue weighted by molar-refractivity contribution is -0.143. The Balaban J connectivity index is 2.01. The highest BCUT2D eigenvalue weighted by molar-refractivity contribution is 5.89. The van der Waals surface area contributed by atoms with E-state index in [0.29, 0.717) is 0 Å². The first-order chi connectivity index (χ1) is 9.27. The number of carboxylic acid groups (broad SMARTS) is 1. The van der Waals surface area contributed by atoms with Crippen LogP contribution >= 0.6 is 0 Å². The first kappa shape index (κ1) is 12.2. The molecule has 5 nitrogen and oxygen atoms in total. The van der Waals surface area contributed by atoms with Gasteiger partial charge in [-0.1, -0.05) is 18.2 Å². The number of hydrogen-bond acceptors (Lipinski definition) is 3. The van der Waals surface area contributed by atoms with E-state index in [1.54, 1.807) is 0 Å². The summed E-state index contributed by atoms with van der Waals surface area (Å²) in [7, 11) is 0. The Morgan fingerprint density at radius 1 is 1.26 bits per heavy atom. The minimum atomic E-state index is -0.786. The van der Waals surface area contributed by atoms with E-state index in [1.807, 2.05) is 35.4 Å². The van der Waals surface area contributed by atoms with Crippen LogP contribution in [-0.2, 0) is 4.79 Å². The molecular weight excluding hydrogens is 242 g/mol. The lowest BCUT2D eigenvalue weighted by Crippen LogP contribution is -2.47. The van der Waals surface area contributed by atoms with Gasteiger partial charge in [0.1, 0.15) is 6.04 Å².